The molecule has 0 spiro atoms. The maximum atomic E-state index is 13.9. The lowest BCUT2D eigenvalue weighted by Gasteiger charge is -2.20. The number of rotatable bonds is 2. The number of hydrogen-bond acceptors (Lipinski definition) is 3. The van der Waals surface area contributed by atoms with Gasteiger partial charge in [0.2, 0.25) is 0 Å². The summed E-state index contributed by atoms with van der Waals surface area (Å²) in [5.74, 6) is -0.635. The smallest absolute Gasteiger partial charge is 0.268 e. The molecule has 4 aromatic carbocycles. The van der Waals surface area contributed by atoms with E-state index < -0.39 is 0 Å². The second-order valence-corrected chi connectivity index (χ2v) is 9.09. The highest BCUT2D eigenvalue weighted by atomic mass is 16.2. The molecule has 0 saturated carbocycles. The van der Waals surface area contributed by atoms with E-state index in [2.05, 4.69) is 6.07 Å². The zero-order valence-corrected chi connectivity index (χ0v) is 19.6. The Kier molecular flexibility index (Phi) is 4.42. The Morgan fingerprint density at radius 1 is 0.743 bits per heavy atom. The van der Waals surface area contributed by atoms with Crippen LogP contribution in [0.5, 0.6) is 0 Å². The Labute approximate surface area is 202 Å². The normalized spacial score (nSPS) is 13.0. The average Bonchev–Trinajstić information content (AvgIpc) is 3.30. The van der Waals surface area contributed by atoms with Crippen molar-refractivity contribution in [3.8, 4) is 11.8 Å². The van der Waals surface area contributed by atoms with Gasteiger partial charge in [0.1, 0.15) is 0 Å². The number of amides is 2. The molecule has 1 aromatic heterocycles. The summed E-state index contributed by atoms with van der Waals surface area (Å²) in [4.78, 5) is 28.8. The number of nitriles is 1. The molecule has 168 valence electrons. The monoisotopic (exact) mass is 455 g/mol. The lowest BCUT2D eigenvalue weighted by Crippen LogP contribution is -2.31. The fourth-order valence-corrected chi connectivity index (χ4v) is 5.48. The molecule has 0 atom stereocenters. The zero-order chi connectivity index (χ0) is 24.4. The molecule has 2 heterocycles. The van der Waals surface area contributed by atoms with E-state index in [-0.39, 0.29) is 11.8 Å². The van der Waals surface area contributed by atoms with Crippen LogP contribution in [-0.2, 0) is 0 Å². The molecule has 0 fully saturated rings. The SMILES string of the molecule is Cc1cc(C)c(N2C(=O)c3cccc(-n4c5ccccc5c5cc(C#N)ccc54)c3C2=O)c(C)c1. The predicted octanol–water partition coefficient (Wildman–Crippen LogP) is 6.38. The third-order valence-electron chi connectivity index (χ3n) is 6.79. The summed E-state index contributed by atoms with van der Waals surface area (Å²) in [6.45, 7) is 5.86. The second kappa shape index (κ2) is 7.41. The summed E-state index contributed by atoms with van der Waals surface area (Å²) in [5.41, 5.74) is 7.31. The summed E-state index contributed by atoms with van der Waals surface area (Å²) in [7, 11) is 0. The molecular weight excluding hydrogens is 434 g/mol. The molecule has 1 aliphatic heterocycles. The van der Waals surface area contributed by atoms with E-state index in [1.165, 1.54) is 4.90 Å². The summed E-state index contributed by atoms with van der Waals surface area (Å²) >= 11 is 0. The molecule has 0 bridgehead atoms. The van der Waals surface area contributed by atoms with Gasteiger partial charge < -0.3 is 4.57 Å². The van der Waals surface area contributed by atoms with Gasteiger partial charge in [-0.05, 0) is 68.3 Å². The molecule has 0 unspecified atom stereocenters. The lowest BCUT2D eigenvalue weighted by molar-refractivity contribution is 0.0925. The molecule has 0 N–H and O–H groups in total. The van der Waals surface area contributed by atoms with Gasteiger partial charge in [-0.25, -0.2) is 4.90 Å². The molecule has 0 aliphatic carbocycles. The number of imide groups is 1. The van der Waals surface area contributed by atoms with E-state index in [0.29, 0.717) is 28.1 Å². The van der Waals surface area contributed by atoms with Crippen molar-refractivity contribution >= 4 is 39.3 Å². The first-order valence-electron chi connectivity index (χ1n) is 11.4. The van der Waals surface area contributed by atoms with Crippen LogP contribution in [-0.4, -0.2) is 16.4 Å². The maximum absolute atomic E-state index is 13.9. The summed E-state index contributed by atoms with van der Waals surface area (Å²) in [6.07, 6.45) is 0. The van der Waals surface area contributed by atoms with E-state index in [9.17, 15) is 14.9 Å². The summed E-state index contributed by atoms with van der Waals surface area (Å²) < 4.78 is 2.02. The minimum atomic E-state index is -0.324. The number of para-hydroxylation sites is 1. The van der Waals surface area contributed by atoms with Crippen molar-refractivity contribution < 1.29 is 9.59 Å². The fourth-order valence-electron chi connectivity index (χ4n) is 5.48. The van der Waals surface area contributed by atoms with Crippen molar-refractivity contribution in [1.29, 1.82) is 5.26 Å². The number of hydrogen-bond donors (Lipinski definition) is 0. The minimum Gasteiger partial charge on any atom is -0.308 e. The number of anilines is 1. The number of aryl methyl sites for hydroxylation is 3. The highest BCUT2D eigenvalue weighted by Gasteiger charge is 2.40. The first kappa shape index (κ1) is 20.9. The van der Waals surface area contributed by atoms with Crippen LogP contribution in [0.25, 0.3) is 27.5 Å². The Morgan fingerprint density at radius 3 is 2.20 bits per heavy atom. The van der Waals surface area contributed by atoms with E-state index in [0.717, 1.165) is 38.5 Å². The van der Waals surface area contributed by atoms with Crippen LogP contribution in [0.2, 0.25) is 0 Å². The van der Waals surface area contributed by atoms with Crippen LogP contribution in [0.4, 0.5) is 5.69 Å². The van der Waals surface area contributed by atoms with Crippen molar-refractivity contribution in [3.05, 3.63) is 106 Å². The van der Waals surface area contributed by atoms with Crippen molar-refractivity contribution in [2.45, 2.75) is 20.8 Å². The molecule has 0 saturated heterocycles. The zero-order valence-electron chi connectivity index (χ0n) is 19.6. The molecule has 2 amide bonds. The van der Waals surface area contributed by atoms with Crippen molar-refractivity contribution in [2.24, 2.45) is 0 Å². The number of carbonyl (C=O) groups excluding carboxylic acids is 2. The minimum absolute atomic E-state index is 0.311. The van der Waals surface area contributed by atoms with Crippen LogP contribution >= 0.6 is 0 Å². The number of benzene rings is 4. The number of aromatic nitrogens is 1. The van der Waals surface area contributed by atoms with Gasteiger partial charge >= 0.3 is 0 Å². The van der Waals surface area contributed by atoms with Crippen LogP contribution in [0.3, 0.4) is 0 Å². The standard InChI is InChI=1S/C30H21N3O2/c1-17-13-18(2)28(19(3)14-17)33-29(34)22-8-6-10-26(27(22)30(33)35)32-24-9-5-4-7-21(24)23-15-20(16-31)11-12-25(23)32/h4-15H,1-3H3. The molecular formula is C30H21N3O2. The van der Waals surface area contributed by atoms with Crippen LogP contribution in [0.15, 0.2) is 72.8 Å². The van der Waals surface area contributed by atoms with Crippen LogP contribution in [0, 0.1) is 32.1 Å². The average molecular weight is 456 g/mol. The predicted molar refractivity (Wildman–Crippen MR) is 137 cm³/mol. The fraction of sp³-hybridized carbons (Fsp3) is 0.100. The Morgan fingerprint density at radius 2 is 1.46 bits per heavy atom. The third-order valence-corrected chi connectivity index (χ3v) is 6.79. The topological polar surface area (TPSA) is 66.1 Å². The van der Waals surface area contributed by atoms with Gasteiger partial charge in [-0.1, -0.05) is 42.0 Å². The molecule has 5 heteroatoms. The van der Waals surface area contributed by atoms with Crippen molar-refractivity contribution in [1.82, 2.24) is 4.57 Å². The second-order valence-electron chi connectivity index (χ2n) is 9.09. The van der Waals surface area contributed by atoms with Gasteiger partial charge in [0.05, 0.1) is 45.2 Å². The lowest BCUT2D eigenvalue weighted by atomic mass is 10.0. The van der Waals surface area contributed by atoms with E-state index in [1.54, 1.807) is 12.1 Å². The summed E-state index contributed by atoms with van der Waals surface area (Å²) in [5, 5.41) is 11.3. The van der Waals surface area contributed by atoms with E-state index in [4.69, 9.17) is 0 Å². The van der Waals surface area contributed by atoms with Crippen LogP contribution < -0.4 is 4.90 Å². The van der Waals surface area contributed by atoms with Gasteiger partial charge in [-0.2, -0.15) is 5.26 Å². The molecule has 6 rings (SSSR count). The molecule has 0 radical (unpaired) electrons. The van der Waals surface area contributed by atoms with Crippen LogP contribution in [0.1, 0.15) is 43.0 Å². The largest absolute Gasteiger partial charge is 0.308 e. The van der Waals surface area contributed by atoms with Gasteiger partial charge in [-0.3, -0.25) is 9.59 Å². The van der Waals surface area contributed by atoms with Crippen molar-refractivity contribution in [2.75, 3.05) is 4.90 Å². The highest BCUT2D eigenvalue weighted by molar-refractivity contribution is 6.36. The molecule has 5 aromatic rings. The summed E-state index contributed by atoms with van der Waals surface area (Å²) in [6, 6.07) is 25.1. The Hall–Kier alpha value is -4.69. The first-order valence-corrected chi connectivity index (χ1v) is 11.4. The van der Waals surface area contributed by atoms with Gasteiger partial charge in [0, 0.05) is 10.8 Å². The number of fused-ring (bicyclic) bond motifs is 4. The third kappa shape index (κ3) is 2.87. The van der Waals surface area contributed by atoms with Crippen molar-refractivity contribution in [3.63, 3.8) is 0 Å². The van der Waals surface area contributed by atoms with E-state index in [1.807, 2.05) is 86.0 Å². The highest BCUT2D eigenvalue weighted by Crippen LogP contribution is 2.39. The Balaban J connectivity index is 1.64. The molecule has 1 aliphatic rings. The van der Waals surface area contributed by atoms with Gasteiger partial charge in [0.15, 0.2) is 0 Å². The molecule has 35 heavy (non-hydrogen) atoms. The Bertz CT molecular complexity index is 1760. The van der Waals surface area contributed by atoms with E-state index >= 15 is 0 Å². The number of carbonyl (C=O) groups is 2. The van der Waals surface area contributed by atoms with Gasteiger partial charge in [-0.15, -0.1) is 0 Å². The van der Waals surface area contributed by atoms with Gasteiger partial charge in [0.25, 0.3) is 11.8 Å². The first-order chi connectivity index (χ1) is 16.9. The molecule has 5 nitrogen and oxygen atoms in total. The number of nitrogens with zero attached hydrogens (tertiary/aromatic N) is 3. The maximum Gasteiger partial charge on any atom is 0.268 e. The quantitative estimate of drug-likeness (QED) is 0.290.